The van der Waals surface area contributed by atoms with E-state index >= 15 is 0 Å². The Morgan fingerprint density at radius 2 is 0.827 bits per heavy atom. The minimum atomic E-state index is -1.98. The number of hydrogen-bond donors (Lipinski definition) is 12. The lowest BCUT2D eigenvalue weighted by Gasteiger charge is -2.48. The van der Waals surface area contributed by atoms with Crippen LogP contribution in [0.2, 0.25) is 0 Å². The number of unbranched alkanes of at least 4 members (excludes halogenated alkanes) is 24. The van der Waals surface area contributed by atoms with Crippen molar-refractivity contribution in [2.45, 2.75) is 311 Å². The lowest BCUT2D eigenvalue weighted by molar-refractivity contribution is -0.379. The highest BCUT2D eigenvalue weighted by Gasteiger charge is 2.53. The number of amides is 1. The third-order valence-corrected chi connectivity index (χ3v) is 15.6. The third-order valence-electron chi connectivity index (χ3n) is 15.6. The van der Waals surface area contributed by atoms with Crippen LogP contribution in [-0.4, -0.2) is 193 Å². The van der Waals surface area contributed by atoms with Gasteiger partial charge in [-0.25, -0.2) is 0 Å². The molecule has 12 N–H and O–H groups in total. The Balaban J connectivity index is 1.40. The normalized spacial score (nSPS) is 30.1. The summed E-state index contributed by atoms with van der Waals surface area (Å²) in [6.45, 7) is 1.62. The van der Waals surface area contributed by atoms with Gasteiger partial charge in [-0.3, -0.25) is 4.79 Å². The second-order valence-corrected chi connectivity index (χ2v) is 22.5. The van der Waals surface area contributed by atoms with Crippen molar-refractivity contribution in [2.75, 3.05) is 26.4 Å². The standard InChI is InChI=1S/C62H111NO18/c1-3-5-7-9-11-13-14-15-16-17-18-19-20-21-22-23-24-25-26-27-28-29-30-32-34-36-38-40-50(68)63-45(46(67)39-37-35-33-31-12-10-8-6-4-2)44-76-60-56(74)53(71)58(48(42-65)78-60)81-62-57(75)54(72)59(49(43-66)79-62)80-61-55(73)52(70)51(69)47(41-64)77-61/h12,14-15,17-18,31,37,39,45-49,51-62,64-67,69-75H,3-11,13,16,19-30,32-36,38,40-44H2,1-2H3,(H,63,68)/b15-14-,18-17-,31-12+,39-37+. The van der Waals surface area contributed by atoms with Crippen molar-refractivity contribution >= 4 is 5.91 Å². The topological polar surface area (TPSA) is 307 Å². The van der Waals surface area contributed by atoms with E-state index in [2.05, 4.69) is 55.6 Å². The Morgan fingerprint density at radius 3 is 1.33 bits per heavy atom. The lowest BCUT2D eigenvalue weighted by Crippen LogP contribution is -2.66. The first-order chi connectivity index (χ1) is 39.3. The van der Waals surface area contributed by atoms with Crippen LogP contribution in [0.5, 0.6) is 0 Å². The van der Waals surface area contributed by atoms with Crippen molar-refractivity contribution in [3.8, 4) is 0 Å². The van der Waals surface area contributed by atoms with Crippen molar-refractivity contribution < 1.29 is 89.4 Å². The molecular weight excluding hydrogens is 1050 g/mol. The van der Waals surface area contributed by atoms with Gasteiger partial charge >= 0.3 is 0 Å². The van der Waals surface area contributed by atoms with Crippen LogP contribution in [0.3, 0.4) is 0 Å². The van der Waals surface area contributed by atoms with Gasteiger partial charge in [-0.2, -0.15) is 0 Å². The summed E-state index contributed by atoms with van der Waals surface area (Å²) in [5.74, 6) is -0.289. The summed E-state index contributed by atoms with van der Waals surface area (Å²) in [6, 6.07) is -0.988. The van der Waals surface area contributed by atoms with Crippen LogP contribution in [0, 0.1) is 0 Å². The monoisotopic (exact) mass is 1160 g/mol. The molecule has 0 aromatic rings. The molecule has 3 rings (SSSR count). The molecule has 0 saturated carbocycles. The third kappa shape index (κ3) is 28.7. The molecule has 0 aromatic heterocycles. The molecule has 0 bridgehead atoms. The first kappa shape index (κ1) is 73.0. The summed E-state index contributed by atoms with van der Waals surface area (Å²) in [4.78, 5) is 13.3. The molecule has 3 fully saturated rings. The predicted octanol–water partition coefficient (Wildman–Crippen LogP) is 6.26. The number of nitrogens with one attached hydrogen (secondary N) is 1. The van der Waals surface area contributed by atoms with Gasteiger partial charge < -0.3 is 89.9 Å². The molecule has 0 spiro atoms. The van der Waals surface area contributed by atoms with Gasteiger partial charge in [0, 0.05) is 6.42 Å². The molecule has 0 aromatic carbocycles. The number of allylic oxidation sites excluding steroid dienone is 7. The summed E-state index contributed by atoms with van der Waals surface area (Å²) in [6.07, 6.45) is 24.2. The molecule has 1 amide bonds. The molecule has 17 atom stereocenters. The minimum Gasteiger partial charge on any atom is -0.394 e. The molecule has 3 aliphatic heterocycles. The molecule has 0 aliphatic carbocycles. The Labute approximate surface area is 484 Å². The predicted molar refractivity (Wildman–Crippen MR) is 309 cm³/mol. The van der Waals surface area contributed by atoms with E-state index in [1.807, 2.05) is 6.08 Å². The summed E-state index contributed by atoms with van der Waals surface area (Å²) in [5.41, 5.74) is 0. The highest BCUT2D eigenvalue weighted by Crippen LogP contribution is 2.33. The fourth-order valence-electron chi connectivity index (χ4n) is 10.4. The summed E-state index contributed by atoms with van der Waals surface area (Å²) < 4.78 is 34.2. The first-order valence-electron chi connectivity index (χ1n) is 31.4. The first-order valence-corrected chi connectivity index (χ1v) is 31.4. The van der Waals surface area contributed by atoms with Crippen molar-refractivity contribution in [3.05, 3.63) is 48.6 Å². The maximum absolute atomic E-state index is 13.3. The molecule has 0 radical (unpaired) electrons. The van der Waals surface area contributed by atoms with Crippen molar-refractivity contribution in [2.24, 2.45) is 0 Å². The average molecular weight is 1160 g/mol. The molecular formula is C62H111NO18. The van der Waals surface area contributed by atoms with Crippen LogP contribution >= 0.6 is 0 Å². The van der Waals surface area contributed by atoms with E-state index in [0.29, 0.717) is 12.8 Å². The zero-order valence-electron chi connectivity index (χ0n) is 49.3. The van der Waals surface area contributed by atoms with E-state index in [9.17, 15) is 61.0 Å². The molecule has 3 saturated heterocycles. The Morgan fingerprint density at radius 1 is 0.444 bits per heavy atom. The van der Waals surface area contributed by atoms with Crippen LogP contribution in [0.4, 0.5) is 0 Å². The molecule has 472 valence electrons. The van der Waals surface area contributed by atoms with Gasteiger partial charge in [0.15, 0.2) is 18.9 Å². The van der Waals surface area contributed by atoms with E-state index < -0.39 is 124 Å². The van der Waals surface area contributed by atoms with E-state index in [4.69, 9.17) is 28.4 Å². The van der Waals surface area contributed by atoms with E-state index in [-0.39, 0.29) is 18.9 Å². The molecule has 17 unspecified atom stereocenters. The van der Waals surface area contributed by atoms with Gasteiger partial charge in [0.25, 0.3) is 0 Å². The van der Waals surface area contributed by atoms with Gasteiger partial charge in [0.2, 0.25) is 5.91 Å². The maximum atomic E-state index is 13.3. The smallest absolute Gasteiger partial charge is 0.220 e. The quantitative estimate of drug-likeness (QED) is 0.0236. The molecule has 19 heteroatoms. The SMILES string of the molecule is CCCCC/C=C/CC/C=C/C(O)C(COC1OC(CO)C(OC2OC(CO)C(OC3OC(CO)C(O)C(O)C3O)C(O)C2O)C(O)C1O)NC(=O)CCCCCCCCCCCCCCCCC/C=C\C/C=C\CCCCCCC. The summed E-state index contributed by atoms with van der Waals surface area (Å²) in [5, 5.41) is 120. The zero-order chi connectivity index (χ0) is 59.0. The van der Waals surface area contributed by atoms with Gasteiger partial charge in [-0.05, 0) is 64.2 Å². The number of ether oxygens (including phenoxy) is 6. The molecule has 81 heavy (non-hydrogen) atoms. The van der Waals surface area contributed by atoms with Crippen LogP contribution < -0.4 is 5.32 Å². The van der Waals surface area contributed by atoms with Gasteiger partial charge in [0.05, 0.1) is 38.6 Å². The lowest BCUT2D eigenvalue weighted by atomic mass is 9.96. The van der Waals surface area contributed by atoms with E-state index in [1.54, 1.807) is 6.08 Å². The van der Waals surface area contributed by atoms with Crippen LogP contribution in [0.1, 0.15) is 206 Å². The fourth-order valence-corrected chi connectivity index (χ4v) is 10.4. The highest BCUT2D eigenvalue weighted by atomic mass is 16.8. The number of aliphatic hydroxyl groups excluding tert-OH is 11. The summed E-state index contributed by atoms with van der Waals surface area (Å²) >= 11 is 0. The summed E-state index contributed by atoms with van der Waals surface area (Å²) in [7, 11) is 0. The van der Waals surface area contributed by atoms with Crippen LogP contribution in [-0.2, 0) is 33.2 Å². The minimum absolute atomic E-state index is 0.235. The van der Waals surface area contributed by atoms with Crippen LogP contribution in [0.25, 0.3) is 0 Å². The average Bonchev–Trinajstić information content (AvgIpc) is 3.55. The van der Waals surface area contributed by atoms with Crippen molar-refractivity contribution in [3.63, 3.8) is 0 Å². The number of rotatable bonds is 46. The van der Waals surface area contributed by atoms with Crippen molar-refractivity contribution in [1.29, 1.82) is 0 Å². The Hall–Kier alpha value is -2.25. The second-order valence-electron chi connectivity index (χ2n) is 22.5. The van der Waals surface area contributed by atoms with Gasteiger partial charge in [-0.15, -0.1) is 0 Å². The van der Waals surface area contributed by atoms with Gasteiger partial charge in [-0.1, -0.05) is 184 Å². The molecule has 3 aliphatic rings. The largest absolute Gasteiger partial charge is 0.394 e. The van der Waals surface area contributed by atoms with E-state index in [1.165, 1.54) is 122 Å². The second kappa shape index (κ2) is 45.1. The number of aliphatic hydroxyl groups is 11. The number of carbonyl (C=O) groups is 1. The molecule has 19 nitrogen and oxygen atoms in total. The van der Waals surface area contributed by atoms with Crippen molar-refractivity contribution in [1.82, 2.24) is 5.32 Å². The number of hydrogen-bond acceptors (Lipinski definition) is 18. The highest BCUT2D eigenvalue weighted by molar-refractivity contribution is 5.76. The Bertz CT molecular complexity index is 1670. The molecule has 3 heterocycles. The Kier molecular flexibility index (Phi) is 40.7. The zero-order valence-corrected chi connectivity index (χ0v) is 49.3. The fraction of sp³-hybridized carbons (Fsp3) is 0.855. The van der Waals surface area contributed by atoms with E-state index in [0.717, 1.165) is 51.4 Å². The number of carbonyl (C=O) groups excluding carboxylic acids is 1. The van der Waals surface area contributed by atoms with Crippen LogP contribution in [0.15, 0.2) is 48.6 Å². The van der Waals surface area contributed by atoms with Gasteiger partial charge in [0.1, 0.15) is 73.2 Å². The maximum Gasteiger partial charge on any atom is 0.220 e.